The van der Waals surface area contributed by atoms with Crippen LogP contribution in [0.2, 0.25) is 0 Å². The highest BCUT2D eigenvalue weighted by molar-refractivity contribution is 7.24. The van der Waals surface area contributed by atoms with E-state index in [-0.39, 0.29) is 0 Å². The number of hydrogen-bond donors (Lipinski definition) is 0. The van der Waals surface area contributed by atoms with E-state index in [0.717, 1.165) is 6.61 Å². The van der Waals surface area contributed by atoms with Crippen molar-refractivity contribution in [3.8, 4) is 0 Å². The van der Waals surface area contributed by atoms with Gasteiger partial charge in [0.25, 0.3) is 6.61 Å². The molecule has 0 aliphatic carbocycles. The van der Waals surface area contributed by atoms with E-state index in [9.17, 15) is 0 Å². The Labute approximate surface area is 32.9 Å². The number of rotatable bonds is 0. The molecule has 28 valence electrons. The molecule has 1 aliphatic rings. The highest BCUT2D eigenvalue weighted by Crippen LogP contribution is 2.04. The second-order valence-electron chi connectivity index (χ2n) is 1.04. The van der Waals surface area contributed by atoms with Crippen molar-refractivity contribution in [2.24, 2.45) is 0 Å². The minimum absolute atomic E-state index is 0.988. The second-order valence-corrected chi connectivity index (χ2v) is 2.00. The molecule has 0 N–H and O–H groups in total. The molecule has 0 spiro atoms. The summed E-state index contributed by atoms with van der Waals surface area (Å²) in [4.78, 5) is 0. The first-order valence-corrected chi connectivity index (χ1v) is 2.79. The molecule has 0 bridgehead atoms. The van der Waals surface area contributed by atoms with Gasteiger partial charge in [0.1, 0.15) is 0 Å². The van der Waals surface area contributed by atoms with E-state index in [4.69, 9.17) is 4.20 Å². The van der Waals surface area contributed by atoms with Crippen molar-refractivity contribution in [1.82, 2.24) is 0 Å². The SMILES string of the molecule is C1C[O+]=PC1. The molecule has 0 aromatic heterocycles. The van der Waals surface area contributed by atoms with Gasteiger partial charge in [0.15, 0.2) is 0 Å². The fourth-order valence-corrected chi connectivity index (χ4v) is 0.968. The average Bonchev–Trinajstić information content (AvgIpc) is 1.76. The summed E-state index contributed by atoms with van der Waals surface area (Å²) in [6.07, 6.45) is 2.52. The van der Waals surface area contributed by atoms with Crippen molar-refractivity contribution in [2.75, 3.05) is 12.8 Å². The molecule has 0 amide bonds. The molecule has 1 rings (SSSR count). The van der Waals surface area contributed by atoms with Crippen LogP contribution in [-0.2, 0) is 4.20 Å². The Morgan fingerprint density at radius 1 is 1.60 bits per heavy atom. The zero-order chi connectivity index (χ0) is 3.54. The predicted octanol–water partition coefficient (Wildman–Crippen LogP) is 1.22. The van der Waals surface area contributed by atoms with E-state index in [1.54, 1.807) is 0 Å². The van der Waals surface area contributed by atoms with Crippen LogP contribution in [0, 0.1) is 0 Å². The zero-order valence-corrected chi connectivity index (χ0v) is 3.87. The second kappa shape index (κ2) is 1.51. The van der Waals surface area contributed by atoms with Crippen LogP contribution < -0.4 is 0 Å². The number of hydrogen-bond acceptors (Lipinski definition) is 0. The van der Waals surface area contributed by atoms with Crippen LogP contribution in [0.3, 0.4) is 0 Å². The maximum Gasteiger partial charge on any atom is 0.393 e. The molecule has 0 atom stereocenters. The fraction of sp³-hybridized carbons (Fsp3) is 1.00. The van der Waals surface area contributed by atoms with E-state index < -0.39 is 0 Å². The zero-order valence-electron chi connectivity index (χ0n) is 2.98. The normalized spacial score (nSPS) is 24.0. The summed E-state index contributed by atoms with van der Waals surface area (Å²) < 4.78 is 4.92. The molecule has 1 aliphatic heterocycles. The van der Waals surface area contributed by atoms with E-state index in [2.05, 4.69) is 0 Å². The Morgan fingerprint density at radius 2 is 2.60 bits per heavy atom. The van der Waals surface area contributed by atoms with Gasteiger partial charge in [0.2, 0.25) is 0 Å². The van der Waals surface area contributed by atoms with Gasteiger partial charge in [-0.15, -0.1) is 0 Å². The largest absolute Gasteiger partial charge is 0.393 e. The Bertz CT molecular complexity index is 44.9. The van der Waals surface area contributed by atoms with Gasteiger partial charge in [0.05, 0.1) is 12.6 Å². The summed E-state index contributed by atoms with van der Waals surface area (Å²) in [6, 6.07) is 0. The van der Waals surface area contributed by atoms with E-state index in [1.807, 2.05) is 0 Å². The molecule has 0 saturated carbocycles. The van der Waals surface area contributed by atoms with Crippen molar-refractivity contribution in [3.63, 3.8) is 0 Å². The van der Waals surface area contributed by atoms with Gasteiger partial charge in [-0.05, 0) is 0 Å². The molecular weight excluding hydrogens is 83.0 g/mol. The Balaban J connectivity index is 2.32. The summed E-state index contributed by atoms with van der Waals surface area (Å²) in [5.74, 6) is 0. The van der Waals surface area contributed by atoms with E-state index in [1.165, 1.54) is 21.0 Å². The topological polar surface area (TPSA) is 11.3 Å². The predicted molar refractivity (Wildman–Crippen MR) is 22.0 cm³/mol. The summed E-state index contributed by atoms with van der Waals surface area (Å²) in [6.45, 7) is 0.988. The summed E-state index contributed by atoms with van der Waals surface area (Å²) in [7, 11) is 1.19. The maximum atomic E-state index is 4.92. The van der Waals surface area contributed by atoms with Crippen molar-refractivity contribution in [2.45, 2.75) is 6.42 Å². The van der Waals surface area contributed by atoms with E-state index >= 15 is 0 Å². The smallest absolute Gasteiger partial charge is 0.247 e. The van der Waals surface area contributed by atoms with Gasteiger partial charge in [-0.1, -0.05) is 0 Å². The van der Waals surface area contributed by atoms with Crippen LogP contribution >= 0.6 is 8.46 Å². The molecule has 0 aromatic carbocycles. The molecule has 1 heterocycles. The minimum atomic E-state index is 0.988. The third-order valence-corrected chi connectivity index (χ3v) is 1.44. The molecular formula is C3H6OP+. The molecule has 2 heteroatoms. The minimum Gasteiger partial charge on any atom is -0.247 e. The lowest BCUT2D eigenvalue weighted by atomic mass is 10.5. The molecule has 0 saturated heterocycles. The molecule has 0 aromatic rings. The van der Waals surface area contributed by atoms with Crippen LogP contribution in [-0.4, -0.2) is 12.8 Å². The van der Waals surface area contributed by atoms with Crippen LogP contribution in [0.1, 0.15) is 6.42 Å². The molecule has 0 radical (unpaired) electrons. The van der Waals surface area contributed by atoms with Crippen molar-refractivity contribution in [1.29, 1.82) is 0 Å². The van der Waals surface area contributed by atoms with Crippen molar-refractivity contribution in [3.05, 3.63) is 0 Å². The Hall–Kier alpha value is 0.100. The molecule has 5 heavy (non-hydrogen) atoms. The average molecular weight is 89.1 g/mol. The van der Waals surface area contributed by atoms with Gasteiger partial charge in [0, 0.05) is 0 Å². The lowest BCUT2D eigenvalue weighted by molar-refractivity contribution is 0.150. The third kappa shape index (κ3) is 0.695. The summed E-state index contributed by atoms with van der Waals surface area (Å²) in [5.41, 5.74) is 0. The Morgan fingerprint density at radius 3 is 2.80 bits per heavy atom. The maximum absolute atomic E-state index is 4.92. The fourth-order valence-electron chi connectivity index (χ4n) is 0.323. The summed E-state index contributed by atoms with van der Waals surface area (Å²) in [5, 5.41) is 0. The third-order valence-electron chi connectivity index (χ3n) is 0.576. The highest BCUT2D eigenvalue weighted by Gasteiger charge is 2.02. The lowest BCUT2D eigenvalue weighted by Gasteiger charge is -1.54. The van der Waals surface area contributed by atoms with Crippen molar-refractivity contribution >= 4 is 8.46 Å². The van der Waals surface area contributed by atoms with Gasteiger partial charge < -0.3 is 0 Å². The molecule has 0 unspecified atom stereocenters. The van der Waals surface area contributed by atoms with Crippen LogP contribution in [0.15, 0.2) is 0 Å². The molecule has 0 fully saturated rings. The first-order valence-electron chi connectivity index (χ1n) is 1.79. The first kappa shape index (κ1) is 3.30. The highest BCUT2D eigenvalue weighted by atomic mass is 31.1. The first-order chi connectivity index (χ1) is 2.50. The van der Waals surface area contributed by atoms with Crippen LogP contribution in [0.25, 0.3) is 0 Å². The van der Waals surface area contributed by atoms with Gasteiger partial charge in [-0.3, -0.25) is 0 Å². The van der Waals surface area contributed by atoms with Gasteiger partial charge >= 0.3 is 8.46 Å². The molecule has 1 nitrogen and oxygen atoms in total. The van der Waals surface area contributed by atoms with Gasteiger partial charge in [-0.25, -0.2) is 4.20 Å². The van der Waals surface area contributed by atoms with Crippen LogP contribution in [0.4, 0.5) is 0 Å². The van der Waals surface area contributed by atoms with Crippen molar-refractivity contribution < 1.29 is 4.20 Å². The Kier molecular flexibility index (Phi) is 0.999. The quantitative estimate of drug-likeness (QED) is 0.312. The van der Waals surface area contributed by atoms with E-state index in [0.29, 0.717) is 0 Å². The van der Waals surface area contributed by atoms with Crippen LogP contribution in [0.5, 0.6) is 0 Å². The van der Waals surface area contributed by atoms with Gasteiger partial charge in [-0.2, -0.15) is 0 Å². The monoisotopic (exact) mass is 89.0 g/mol. The summed E-state index contributed by atoms with van der Waals surface area (Å²) >= 11 is 0. The standard InChI is InChI=1S/C3H6OP/c1-2-4-5-3-1/h1-3H2/q+1. The lowest BCUT2D eigenvalue weighted by Crippen LogP contribution is -1.70.